The largest absolute Gasteiger partial charge is 0.492 e. The summed E-state index contributed by atoms with van der Waals surface area (Å²) in [5.41, 5.74) is 3.35. The van der Waals surface area contributed by atoms with E-state index >= 15 is 0 Å². The van der Waals surface area contributed by atoms with Crippen molar-refractivity contribution in [3.05, 3.63) is 64.8 Å². The molecule has 152 valence electrons. The van der Waals surface area contributed by atoms with Gasteiger partial charge in [-0.2, -0.15) is 0 Å². The van der Waals surface area contributed by atoms with Crippen molar-refractivity contribution in [3.63, 3.8) is 0 Å². The molecule has 2 amide bonds. The maximum Gasteiger partial charge on any atom is 0.319 e. The highest BCUT2D eigenvalue weighted by molar-refractivity contribution is 7.15. The molecule has 0 radical (unpaired) electrons. The SMILES string of the molecule is CCOc1ccccc1NC(=O)N[C@@H](C)c1c(-n2cccc2)sc2c1CCCC2. The fourth-order valence-electron chi connectivity index (χ4n) is 3.96. The summed E-state index contributed by atoms with van der Waals surface area (Å²) in [5.74, 6) is 0.679. The van der Waals surface area contributed by atoms with Crippen LogP contribution in [0.5, 0.6) is 5.75 Å². The Morgan fingerprint density at radius 2 is 1.93 bits per heavy atom. The molecule has 4 rings (SSSR count). The summed E-state index contributed by atoms with van der Waals surface area (Å²) in [7, 11) is 0. The van der Waals surface area contributed by atoms with E-state index in [9.17, 15) is 4.79 Å². The van der Waals surface area contributed by atoms with Crippen LogP contribution in [0.15, 0.2) is 48.8 Å². The number of aryl methyl sites for hydroxylation is 1. The Kier molecular flexibility index (Phi) is 5.90. The normalized spacial score (nSPS) is 14.1. The van der Waals surface area contributed by atoms with Crippen molar-refractivity contribution < 1.29 is 9.53 Å². The summed E-state index contributed by atoms with van der Waals surface area (Å²) in [4.78, 5) is 14.2. The molecule has 3 aromatic rings. The van der Waals surface area contributed by atoms with Gasteiger partial charge in [0.25, 0.3) is 0 Å². The van der Waals surface area contributed by atoms with E-state index in [1.54, 1.807) is 0 Å². The smallest absolute Gasteiger partial charge is 0.319 e. The number of amides is 2. The first kappa shape index (κ1) is 19.6. The van der Waals surface area contributed by atoms with Gasteiger partial charge in [-0.3, -0.25) is 0 Å². The lowest BCUT2D eigenvalue weighted by Gasteiger charge is -2.20. The number of urea groups is 1. The Morgan fingerprint density at radius 1 is 1.17 bits per heavy atom. The Hall–Kier alpha value is -2.73. The molecule has 1 atom stereocenters. The van der Waals surface area contributed by atoms with Crippen molar-refractivity contribution in [1.82, 2.24) is 9.88 Å². The monoisotopic (exact) mass is 409 g/mol. The number of carbonyl (C=O) groups is 1. The van der Waals surface area contributed by atoms with Crippen LogP contribution in [0.3, 0.4) is 0 Å². The molecule has 6 heteroatoms. The van der Waals surface area contributed by atoms with Crippen molar-refractivity contribution in [2.24, 2.45) is 0 Å². The number of para-hydroxylation sites is 2. The molecule has 29 heavy (non-hydrogen) atoms. The molecule has 0 spiro atoms. The number of hydrogen-bond acceptors (Lipinski definition) is 3. The molecule has 1 aromatic carbocycles. The quantitative estimate of drug-likeness (QED) is 0.549. The summed E-state index contributed by atoms with van der Waals surface area (Å²) < 4.78 is 7.78. The average Bonchev–Trinajstić information content (AvgIpc) is 3.37. The highest BCUT2D eigenvalue weighted by Crippen LogP contribution is 2.40. The van der Waals surface area contributed by atoms with Crippen molar-refractivity contribution in [2.45, 2.75) is 45.6 Å². The van der Waals surface area contributed by atoms with Crippen LogP contribution >= 0.6 is 11.3 Å². The summed E-state index contributed by atoms with van der Waals surface area (Å²) in [5, 5.41) is 7.30. The van der Waals surface area contributed by atoms with Gasteiger partial charge in [-0.05, 0) is 69.4 Å². The van der Waals surface area contributed by atoms with Gasteiger partial charge in [0.15, 0.2) is 0 Å². The third-order valence-electron chi connectivity index (χ3n) is 5.25. The zero-order chi connectivity index (χ0) is 20.2. The number of ether oxygens (including phenoxy) is 1. The average molecular weight is 410 g/mol. The molecule has 2 N–H and O–H groups in total. The van der Waals surface area contributed by atoms with Crippen LogP contribution < -0.4 is 15.4 Å². The number of rotatable bonds is 6. The molecular weight excluding hydrogens is 382 g/mol. The van der Waals surface area contributed by atoms with Gasteiger partial charge in [-0.15, -0.1) is 11.3 Å². The van der Waals surface area contributed by atoms with Gasteiger partial charge >= 0.3 is 6.03 Å². The van der Waals surface area contributed by atoms with Gasteiger partial charge in [0.1, 0.15) is 10.8 Å². The van der Waals surface area contributed by atoms with E-state index in [0.29, 0.717) is 18.0 Å². The van der Waals surface area contributed by atoms with Gasteiger partial charge in [0.2, 0.25) is 0 Å². The summed E-state index contributed by atoms with van der Waals surface area (Å²) in [6, 6.07) is 11.3. The van der Waals surface area contributed by atoms with Crippen LogP contribution in [0.1, 0.15) is 48.7 Å². The minimum absolute atomic E-state index is 0.0928. The zero-order valence-corrected chi connectivity index (χ0v) is 17.7. The Labute approximate surface area is 175 Å². The van der Waals surface area contributed by atoms with E-state index in [1.807, 2.05) is 54.7 Å². The van der Waals surface area contributed by atoms with Crippen LogP contribution in [0.4, 0.5) is 10.5 Å². The van der Waals surface area contributed by atoms with Crippen molar-refractivity contribution in [2.75, 3.05) is 11.9 Å². The second-order valence-electron chi connectivity index (χ2n) is 7.27. The molecule has 2 aromatic heterocycles. The van der Waals surface area contributed by atoms with E-state index in [-0.39, 0.29) is 12.1 Å². The van der Waals surface area contributed by atoms with Crippen LogP contribution in [0.25, 0.3) is 5.00 Å². The second kappa shape index (κ2) is 8.74. The maximum absolute atomic E-state index is 12.8. The fraction of sp³-hybridized carbons (Fsp3) is 0.348. The number of hydrogen-bond donors (Lipinski definition) is 2. The molecule has 0 fully saturated rings. The Bertz CT molecular complexity index is 978. The number of thiophene rings is 1. The first-order valence-corrected chi connectivity index (χ1v) is 11.1. The molecule has 2 heterocycles. The third kappa shape index (κ3) is 4.17. The number of nitrogens with one attached hydrogen (secondary N) is 2. The third-order valence-corrected chi connectivity index (χ3v) is 6.57. The topological polar surface area (TPSA) is 55.3 Å². The molecule has 0 aliphatic heterocycles. The molecule has 1 aliphatic rings. The Balaban J connectivity index is 1.56. The lowest BCUT2D eigenvalue weighted by molar-refractivity contribution is 0.249. The minimum Gasteiger partial charge on any atom is -0.492 e. The van der Waals surface area contributed by atoms with Crippen LogP contribution in [0.2, 0.25) is 0 Å². The summed E-state index contributed by atoms with van der Waals surface area (Å²) in [6.45, 7) is 4.55. The molecule has 5 nitrogen and oxygen atoms in total. The molecule has 0 bridgehead atoms. The van der Waals surface area contributed by atoms with E-state index in [2.05, 4.69) is 34.5 Å². The number of carbonyl (C=O) groups excluding carboxylic acids is 1. The number of benzene rings is 1. The molecular formula is C23H27N3O2S. The van der Waals surface area contributed by atoms with Gasteiger partial charge in [-0.25, -0.2) is 4.79 Å². The van der Waals surface area contributed by atoms with Crippen LogP contribution in [-0.4, -0.2) is 17.2 Å². The first-order chi connectivity index (χ1) is 14.2. The van der Waals surface area contributed by atoms with E-state index in [1.165, 1.54) is 33.8 Å². The fourth-order valence-corrected chi connectivity index (χ4v) is 5.41. The van der Waals surface area contributed by atoms with Gasteiger partial charge in [0.05, 0.1) is 18.3 Å². The van der Waals surface area contributed by atoms with E-state index < -0.39 is 0 Å². The predicted octanol–water partition coefficient (Wildman–Crippen LogP) is 5.70. The van der Waals surface area contributed by atoms with Crippen molar-refractivity contribution in [1.29, 1.82) is 0 Å². The molecule has 0 saturated carbocycles. The number of fused-ring (bicyclic) bond motifs is 1. The van der Waals surface area contributed by atoms with E-state index in [0.717, 1.165) is 12.8 Å². The highest BCUT2D eigenvalue weighted by Gasteiger charge is 2.26. The molecule has 1 aliphatic carbocycles. The maximum atomic E-state index is 12.8. The lowest BCUT2D eigenvalue weighted by Crippen LogP contribution is -2.32. The standard InChI is InChI=1S/C23H27N3O2S/c1-3-28-19-12-6-5-11-18(19)25-23(27)24-16(2)21-17-10-4-7-13-20(17)29-22(21)26-14-8-9-15-26/h5-6,8-9,11-12,14-16H,3-4,7,10,13H2,1-2H3,(H2,24,25,27)/t16-/m0/s1. The molecule has 0 saturated heterocycles. The zero-order valence-electron chi connectivity index (χ0n) is 16.9. The van der Waals surface area contributed by atoms with Gasteiger partial charge in [0, 0.05) is 22.8 Å². The second-order valence-corrected chi connectivity index (χ2v) is 8.35. The number of nitrogens with zero attached hydrogens (tertiary/aromatic N) is 1. The van der Waals surface area contributed by atoms with Gasteiger partial charge in [-0.1, -0.05) is 12.1 Å². The predicted molar refractivity (Wildman–Crippen MR) is 118 cm³/mol. The Morgan fingerprint density at radius 3 is 2.72 bits per heavy atom. The summed E-state index contributed by atoms with van der Waals surface area (Å²) in [6.07, 6.45) is 8.83. The minimum atomic E-state index is -0.223. The van der Waals surface area contributed by atoms with Crippen molar-refractivity contribution in [3.8, 4) is 10.8 Å². The molecule has 0 unspecified atom stereocenters. The van der Waals surface area contributed by atoms with E-state index in [4.69, 9.17) is 4.74 Å². The number of anilines is 1. The van der Waals surface area contributed by atoms with Crippen LogP contribution in [-0.2, 0) is 12.8 Å². The first-order valence-electron chi connectivity index (χ1n) is 10.2. The lowest BCUT2D eigenvalue weighted by atomic mass is 9.93. The van der Waals surface area contributed by atoms with Gasteiger partial charge < -0.3 is 19.9 Å². The van der Waals surface area contributed by atoms with Crippen molar-refractivity contribution >= 4 is 23.1 Å². The number of aromatic nitrogens is 1. The summed E-state index contributed by atoms with van der Waals surface area (Å²) >= 11 is 1.86. The van der Waals surface area contributed by atoms with Crippen LogP contribution in [0, 0.1) is 0 Å². The highest BCUT2D eigenvalue weighted by atomic mass is 32.1.